The van der Waals surface area contributed by atoms with Crippen LogP contribution in [0.3, 0.4) is 0 Å². The van der Waals surface area contributed by atoms with Gasteiger partial charge in [-0.05, 0) is 56.5 Å². The molecular weight excluding hydrogens is 437 g/mol. The number of rotatable bonds is 5. The molecule has 0 atom stereocenters. The number of hydrogen-bond donors (Lipinski definition) is 1. The molecule has 0 spiro atoms. The van der Waals surface area contributed by atoms with Crippen molar-refractivity contribution < 1.29 is 14.3 Å². The first-order valence-electron chi connectivity index (χ1n) is 9.99. The Hall–Kier alpha value is -2.77. The molecular formula is C23H19ClFN3O2S. The monoisotopic (exact) mass is 455 g/mol. The van der Waals surface area contributed by atoms with Crippen molar-refractivity contribution >= 4 is 40.2 Å². The topological polar surface area (TPSA) is 60.0 Å². The first kappa shape index (κ1) is 20.2. The lowest BCUT2D eigenvalue weighted by molar-refractivity contribution is 0.0696. The summed E-state index contributed by atoms with van der Waals surface area (Å²) in [6.07, 6.45) is 7.12. The van der Waals surface area contributed by atoms with Crippen LogP contribution in [-0.4, -0.2) is 25.4 Å². The Kier molecular flexibility index (Phi) is 5.02. The van der Waals surface area contributed by atoms with E-state index in [2.05, 4.69) is 5.10 Å². The molecule has 0 unspecified atom stereocenters. The third kappa shape index (κ3) is 3.42. The molecule has 31 heavy (non-hydrogen) atoms. The fourth-order valence-corrected chi connectivity index (χ4v) is 5.20. The largest absolute Gasteiger partial charge is 0.478 e. The average molecular weight is 456 g/mol. The van der Waals surface area contributed by atoms with Gasteiger partial charge in [0, 0.05) is 27.1 Å². The zero-order valence-corrected chi connectivity index (χ0v) is 18.3. The zero-order valence-electron chi connectivity index (χ0n) is 16.7. The summed E-state index contributed by atoms with van der Waals surface area (Å²) in [6, 6.07) is 10.5. The summed E-state index contributed by atoms with van der Waals surface area (Å²) in [5.41, 5.74) is 2.23. The molecule has 1 saturated carbocycles. The van der Waals surface area contributed by atoms with Crippen LogP contribution in [0.25, 0.3) is 16.6 Å². The van der Waals surface area contributed by atoms with Crippen LogP contribution < -0.4 is 0 Å². The van der Waals surface area contributed by atoms with Crippen LogP contribution >= 0.6 is 23.4 Å². The van der Waals surface area contributed by atoms with Gasteiger partial charge in [-0.1, -0.05) is 29.4 Å². The van der Waals surface area contributed by atoms with Gasteiger partial charge in [-0.25, -0.2) is 9.18 Å². The van der Waals surface area contributed by atoms with E-state index in [9.17, 15) is 9.90 Å². The van der Waals surface area contributed by atoms with Gasteiger partial charge in [0.25, 0.3) is 0 Å². The molecule has 158 valence electrons. The third-order valence-corrected chi connectivity index (χ3v) is 7.30. The van der Waals surface area contributed by atoms with E-state index >= 15 is 4.39 Å². The summed E-state index contributed by atoms with van der Waals surface area (Å²) in [5.74, 6) is -1.47. The molecule has 8 heteroatoms. The number of benzene rings is 2. The number of aromatic carboxylic acids is 1. The van der Waals surface area contributed by atoms with Gasteiger partial charge < -0.3 is 9.67 Å². The van der Waals surface area contributed by atoms with Gasteiger partial charge in [0.1, 0.15) is 0 Å². The van der Waals surface area contributed by atoms with Crippen molar-refractivity contribution in [2.75, 3.05) is 0 Å². The van der Waals surface area contributed by atoms with Crippen molar-refractivity contribution in [3.05, 3.63) is 70.9 Å². The molecule has 2 aromatic carbocycles. The molecule has 1 aliphatic rings. The van der Waals surface area contributed by atoms with E-state index in [1.165, 1.54) is 18.2 Å². The average Bonchev–Trinajstić information content (AvgIpc) is 3.27. The molecule has 1 N–H and O–H groups in total. The summed E-state index contributed by atoms with van der Waals surface area (Å²) in [6.45, 7) is 1.93. The van der Waals surface area contributed by atoms with Gasteiger partial charge in [-0.2, -0.15) is 5.10 Å². The molecule has 0 aliphatic heterocycles. The van der Waals surface area contributed by atoms with E-state index in [0.717, 1.165) is 39.4 Å². The minimum Gasteiger partial charge on any atom is -0.478 e. The van der Waals surface area contributed by atoms with Crippen molar-refractivity contribution in [2.45, 2.75) is 42.0 Å². The number of fused-ring (bicyclic) bond motifs is 1. The van der Waals surface area contributed by atoms with Gasteiger partial charge in [0.2, 0.25) is 0 Å². The molecule has 0 amide bonds. The maximum Gasteiger partial charge on any atom is 0.335 e. The molecule has 0 bridgehead atoms. The molecule has 2 heterocycles. The lowest BCUT2D eigenvalue weighted by Gasteiger charge is -2.25. The van der Waals surface area contributed by atoms with Gasteiger partial charge in [0.05, 0.1) is 34.0 Å². The van der Waals surface area contributed by atoms with E-state index in [-0.39, 0.29) is 10.6 Å². The normalized spacial score (nSPS) is 14.2. The first-order valence-corrected chi connectivity index (χ1v) is 11.2. The zero-order chi connectivity index (χ0) is 21.7. The highest BCUT2D eigenvalue weighted by Gasteiger charge is 2.24. The van der Waals surface area contributed by atoms with Gasteiger partial charge in [0.15, 0.2) is 5.82 Å². The second-order valence-electron chi connectivity index (χ2n) is 7.71. The fourth-order valence-electron chi connectivity index (χ4n) is 3.96. The van der Waals surface area contributed by atoms with E-state index in [4.69, 9.17) is 11.6 Å². The van der Waals surface area contributed by atoms with E-state index in [0.29, 0.717) is 11.6 Å². The van der Waals surface area contributed by atoms with Crippen LogP contribution in [0.5, 0.6) is 0 Å². The minimum absolute atomic E-state index is 0.0575. The van der Waals surface area contributed by atoms with Crippen molar-refractivity contribution in [1.29, 1.82) is 0 Å². The number of carboxylic acids is 1. The molecule has 5 nitrogen and oxygen atoms in total. The van der Waals surface area contributed by atoms with Gasteiger partial charge in [-0.15, -0.1) is 0 Å². The van der Waals surface area contributed by atoms with E-state index in [1.807, 2.05) is 34.5 Å². The summed E-state index contributed by atoms with van der Waals surface area (Å²) in [5, 5.41) is 14.6. The smallest absolute Gasteiger partial charge is 0.335 e. The third-order valence-electron chi connectivity index (χ3n) is 5.80. The fraction of sp³-hybridized carbons (Fsp3) is 0.217. The SMILES string of the molecule is Cc1c(Sc2cccc(C(=O)O)c2)c2ccc(Cl)c(F)c2n1-c1cnn(C2CCC2)c1. The van der Waals surface area contributed by atoms with E-state index < -0.39 is 11.8 Å². The van der Waals surface area contributed by atoms with Crippen LogP contribution in [0.1, 0.15) is 41.4 Å². The maximum absolute atomic E-state index is 15.2. The lowest BCUT2D eigenvalue weighted by atomic mass is 9.93. The second-order valence-corrected chi connectivity index (χ2v) is 9.20. The van der Waals surface area contributed by atoms with E-state index in [1.54, 1.807) is 30.5 Å². The molecule has 1 fully saturated rings. The quantitative estimate of drug-likeness (QED) is 0.373. The molecule has 0 saturated heterocycles. The molecule has 2 aromatic heterocycles. The van der Waals surface area contributed by atoms with Crippen LogP contribution in [0.15, 0.2) is 58.6 Å². The van der Waals surface area contributed by atoms with Gasteiger partial charge in [-0.3, -0.25) is 4.68 Å². The van der Waals surface area contributed by atoms with Gasteiger partial charge >= 0.3 is 5.97 Å². The number of aromatic nitrogens is 3. The van der Waals surface area contributed by atoms with Crippen LogP contribution in [0, 0.1) is 12.7 Å². The first-order chi connectivity index (χ1) is 14.9. The Balaban J connectivity index is 1.67. The van der Waals surface area contributed by atoms with Crippen LogP contribution in [0.2, 0.25) is 5.02 Å². The van der Waals surface area contributed by atoms with Crippen LogP contribution in [-0.2, 0) is 0 Å². The standard InChI is InChI=1S/C23H19ClFN3O2S/c1-13-22(31-17-7-2-4-14(10-17)23(29)30)18-8-9-19(24)20(25)21(18)28(13)16-11-26-27(12-16)15-5-3-6-15/h2,4,7-12,15H,3,5-6H2,1H3,(H,29,30). The highest BCUT2D eigenvalue weighted by molar-refractivity contribution is 7.99. The lowest BCUT2D eigenvalue weighted by Crippen LogP contribution is -2.17. The second kappa shape index (κ2) is 7.73. The Morgan fingerprint density at radius 1 is 1.29 bits per heavy atom. The number of hydrogen-bond acceptors (Lipinski definition) is 3. The molecule has 4 aromatic rings. The summed E-state index contributed by atoms with van der Waals surface area (Å²) >= 11 is 7.54. The summed E-state index contributed by atoms with van der Waals surface area (Å²) < 4.78 is 19.0. The number of nitrogens with zero attached hydrogens (tertiary/aromatic N) is 3. The van der Waals surface area contributed by atoms with Crippen molar-refractivity contribution in [1.82, 2.24) is 14.3 Å². The summed E-state index contributed by atoms with van der Waals surface area (Å²) in [4.78, 5) is 13.0. The van der Waals surface area contributed by atoms with Crippen molar-refractivity contribution in [3.8, 4) is 5.69 Å². The molecule has 0 radical (unpaired) electrons. The highest BCUT2D eigenvalue weighted by atomic mass is 35.5. The highest BCUT2D eigenvalue weighted by Crippen LogP contribution is 2.42. The minimum atomic E-state index is -0.983. The Bertz CT molecular complexity index is 1330. The molecule has 1 aliphatic carbocycles. The Morgan fingerprint density at radius 3 is 2.81 bits per heavy atom. The predicted molar refractivity (Wildman–Crippen MR) is 119 cm³/mol. The molecule has 5 rings (SSSR count). The van der Waals surface area contributed by atoms with Crippen LogP contribution in [0.4, 0.5) is 4.39 Å². The van der Waals surface area contributed by atoms with Crippen molar-refractivity contribution in [3.63, 3.8) is 0 Å². The maximum atomic E-state index is 15.2. The predicted octanol–water partition coefficient (Wildman–Crippen LogP) is 6.50. The number of carboxylic acid groups (broad SMARTS) is 1. The van der Waals surface area contributed by atoms with Crippen molar-refractivity contribution in [2.24, 2.45) is 0 Å². The number of carbonyl (C=O) groups is 1. The number of halogens is 2. The Morgan fingerprint density at radius 2 is 2.10 bits per heavy atom. The Labute approximate surface area is 187 Å². The summed E-state index contributed by atoms with van der Waals surface area (Å²) in [7, 11) is 0.